The van der Waals surface area contributed by atoms with Crippen LogP contribution in [0.3, 0.4) is 0 Å². The number of hydrogen-bond donors (Lipinski definition) is 0. The molecular weight excluding hydrogens is 263 g/mol. The van der Waals surface area contributed by atoms with Crippen LogP contribution >= 0.6 is 23.2 Å². The Balaban J connectivity index is 2.05. The van der Waals surface area contributed by atoms with Gasteiger partial charge in [-0.05, 0) is 55.1 Å². The van der Waals surface area contributed by atoms with Crippen LogP contribution in [0.4, 0.5) is 0 Å². The van der Waals surface area contributed by atoms with Gasteiger partial charge >= 0.3 is 0 Å². The fourth-order valence-corrected chi connectivity index (χ4v) is 3.56. The second-order valence-electron chi connectivity index (χ2n) is 5.89. The molecule has 1 saturated carbocycles. The second kappa shape index (κ2) is 6.30. The molecule has 1 aromatic carbocycles. The quantitative estimate of drug-likeness (QED) is 0.637. The highest BCUT2D eigenvalue weighted by Gasteiger charge is 2.30. The van der Waals surface area contributed by atoms with Gasteiger partial charge in [0.25, 0.3) is 0 Å². The highest BCUT2D eigenvalue weighted by Crippen LogP contribution is 2.38. The van der Waals surface area contributed by atoms with E-state index in [1.54, 1.807) is 0 Å². The first kappa shape index (κ1) is 14.2. The van der Waals surface area contributed by atoms with Crippen molar-refractivity contribution in [1.29, 1.82) is 0 Å². The van der Waals surface area contributed by atoms with Crippen molar-refractivity contribution in [3.05, 3.63) is 34.9 Å². The van der Waals surface area contributed by atoms with E-state index in [9.17, 15) is 0 Å². The summed E-state index contributed by atoms with van der Waals surface area (Å²) in [5, 5.41) is 1.20. The largest absolute Gasteiger partial charge is 0.123 e. The molecule has 0 aromatic heterocycles. The topological polar surface area (TPSA) is 0 Å². The zero-order valence-electron chi connectivity index (χ0n) is 11.2. The summed E-state index contributed by atoms with van der Waals surface area (Å²) in [6.07, 6.45) is 4.71. The Labute approximate surface area is 121 Å². The number of hydrogen-bond acceptors (Lipinski definition) is 0. The minimum absolute atomic E-state index is 0.316. The van der Waals surface area contributed by atoms with E-state index in [2.05, 4.69) is 26.0 Å². The van der Waals surface area contributed by atoms with Crippen LogP contribution in [0.15, 0.2) is 24.3 Å². The van der Waals surface area contributed by atoms with Gasteiger partial charge < -0.3 is 0 Å². The van der Waals surface area contributed by atoms with Crippen LogP contribution in [0.1, 0.15) is 38.7 Å². The molecule has 0 aliphatic heterocycles. The average molecular weight is 285 g/mol. The molecule has 3 unspecified atom stereocenters. The molecule has 0 radical (unpaired) electrons. The van der Waals surface area contributed by atoms with E-state index in [-0.39, 0.29) is 0 Å². The molecule has 0 bridgehead atoms. The predicted octanol–water partition coefficient (Wildman–Crippen LogP) is 5.56. The first-order valence-electron chi connectivity index (χ1n) is 6.95. The van der Waals surface area contributed by atoms with Crippen LogP contribution < -0.4 is 0 Å². The lowest BCUT2D eigenvalue weighted by atomic mass is 9.74. The summed E-state index contributed by atoms with van der Waals surface area (Å²) in [6.45, 7) is 4.65. The smallest absolute Gasteiger partial charge is 0.0438 e. The van der Waals surface area contributed by atoms with Crippen molar-refractivity contribution in [3.63, 3.8) is 0 Å². The Morgan fingerprint density at radius 2 is 1.94 bits per heavy atom. The summed E-state index contributed by atoms with van der Waals surface area (Å²) in [7, 11) is 0. The molecule has 0 N–H and O–H groups in total. The predicted molar refractivity (Wildman–Crippen MR) is 80.5 cm³/mol. The van der Waals surface area contributed by atoms with Gasteiger partial charge in [0.05, 0.1) is 0 Å². The molecule has 100 valence electrons. The lowest BCUT2D eigenvalue weighted by Crippen LogP contribution is -2.29. The molecule has 1 aliphatic carbocycles. The van der Waals surface area contributed by atoms with Gasteiger partial charge in [-0.3, -0.25) is 0 Å². The van der Waals surface area contributed by atoms with Crippen LogP contribution in [0, 0.1) is 17.8 Å². The van der Waals surface area contributed by atoms with Crippen molar-refractivity contribution in [1.82, 2.24) is 0 Å². The van der Waals surface area contributed by atoms with Crippen molar-refractivity contribution in [3.8, 4) is 0 Å². The van der Waals surface area contributed by atoms with Crippen LogP contribution in [0.25, 0.3) is 0 Å². The molecule has 0 amide bonds. The summed E-state index contributed by atoms with van der Waals surface area (Å²) in [5.74, 6) is 2.17. The molecule has 18 heavy (non-hydrogen) atoms. The molecule has 1 fully saturated rings. The minimum Gasteiger partial charge on any atom is -0.123 e. The Morgan fingerprint density at radius 1 is 1.22 bits per heavy atom. The zero-order chi connectivity index (χ0) is 13.1. The van der Waals surface area contributed by atoms with Gasteiger partial charge in [-0.15, -0.1) is 11.6 Å². The third-order valence-electron chi connectivity index (χ3n) is 4.31. The van der Waals surface area contributed by atoms with E-state index in [1.165, 1.54) is 18.4 Å². The first-order valence-corrected chi connectivity index (χ1v) is 7.77. The zero-order valence-corrected chi connectivity index (χ0v) is 12.7. The van der Waals surface area contributed by atoms with Crippen LogP contribution in [0.2, 0.25) is 5.02 Å². The molecule has 1 aliphatic rings. The van der Waals surface area contributed by atoms with Crippen molar-refractivity contribution < 1.29 is 0 Å². The van der Waals surface area contributed by atoms with Gasteiger partial charge in [0.2, 0.25) is 0 Å². The monoisotopic (exact) mass is 284 g/mol. The van der Waals surface area contributed by atoms with E-state index in [0.29, 0.717) is 11.3 Å². The summed E-state index contributed by atoms with van der Waals surface area (Å²) in [5.41, 5.74) is 1.25. The summed E-state index contributed by atoms with van der Waals surface area (Å²) in [6, 6.07) is 8.16. The van der Waals surface area contributed by atoms with E-state index in [4.69, 9.17) is 23.2 Å². The molecule has 0 heterocycles. The third kappa shape index (κ3) is 3.42. The fraction of sp³-hybridized carbons (Fsp3) is 0.625. The van der Waals surface area contributed by atoms with E-state index in [1.807, 2.05) is 12.1 Å². The van der Waals surface area contributed by atoms with Crippen molar-refractivity contribution in [2.75, 3.05) is 0 Å². The molecule has 3 atom stereocenters. The normalized spacial score (nSPS) is 28.6. The minimum atomic E-state index is 0.316. The van der Waals surface area contributed by atoms with Gasteiger partial charge in [0.1, 0.15) is 0 Å². The molecular formula is C16H22Cl2. The molecule has 2 heteroatoms. The standard InChI is InChI=1S/C16H22Cl2/c1-11(2)12-7-8-16(18)14(9-12)10-13-5-3-4-6-15(13)17/h3-6,11-12,14,16H,7-10H2,1-2H3. The van der Waals surface area contributed by atoms with Gasteiger partial charge in [-0.1, -0.05) is 43.6 Å². The molecule has 0 nitrogen and oxygen atoms in total. The summed E-state index contributed by atoms with van der Waals surface area (Å²) >= 11 is 12.8. The van der Waals surface area contributed by atoms with Crippen molar-refractivity contribution in [2.45, 2.75) is 44.9 Å². The van der Waals surface area contributed by atoms with Gasteiger partial charge in [0, 0.05) is 10.4 Å². The molecule has 0 saturated heterocycles. The summed E-state index contributed by atoms with van der Waals surface area (Å²) < 4.78 is 0. The molecule has 2 rings (SSSR count). The highest BCUT2D eigenvalue weighted by atomic mass is 35.5. The van der Waals surface area contributed by atoms with Crippen molar-refractivity contribution in [2.24, 2.45) is 17.8 Å². The second-order valence-corrected chi connectivity index (χ2v) is 6.86. The van der Waals surface area contributed by atoms with Gasteiger partial charge in [-0.25, -0.2) is 0 Å². The Morgan fingerprint density at radius 3 is 2.61 bits per heavy atom. The maximum Gasteiger partial charge on any atom is 0.0438 e. The lowest BCUT2D eigenvalue weighted by Gasteiger charge is -2.35. The van der Waals surface area contributed by atoms with E-state index < -0.39 is 0 Å². The Hall–Kier alpha value is -0.200. The Kier molecular flexibility index (Phi) is 4.98. The highest BCUT2D eigenvalue weighted by molar-refractivity contribution is 6.31. The number of halogens is 2. The van der Waals surface area contributed by atoms with Gasteiger partial charge in [0.15, 0.2) is 0 Å². The number of alkyl halides is 1. The summed E-state index contributed by atoms with van der Waals surface area (Å²) in [4.78, 5) is 0. The van der Waals surface area contributed by atoms with Crippen LogP contribution in [-0.2, 0) is 6.42 Å². The number of benzene rings is 1. The van der Waals surface area contributed by atoms with Crippen LogP contribution in [0.5, 0.6) is 0 Å². The fourth-order valence-electron chi connectivity index (χ4n) is 3.03. The van der Waals surface area contributed by atoms with E-state index in [0.717, 1.165) is 29.7 Å². The molecule has 1 aromatic rings. The van der Waals surface area contributed by atoms with Crippen LogP contribution in [-0.4, -0.2) is 5.38 Å². The maximum atomic E-state index is 6.51. The molecule has 0 spiro atoms. The lowest BCUT2D eigenvalue weighted by molar-refractivity contribution is 0.218. The first-order chi connectivity index (χ1) is 8.58. The SMILES string of the molecule is CC(C)C1CCC(Cl)C(Cc2ccccc2Cl)C1. The Bertz CT molecular complexity index is 386. The third-order valence-corrected chi connectivity index (χ3v) is 5.26. The van der Waals surface area contributed by atoms with Crippen molar-refractivity contribution >= 4 is 23.2 Å². The van der Waals surface area contributed by atoms with Gasteiger partial charge in [-0.2, -0.15) is 0 Å². The maximum absolute atomic E-state index is 6.51. The van der Waals surface area contributed by atoms with E-state index >= 15 is 0 Å². The number of rotatable bonds is 3. The average Bonchev–Trinajstić information content (AvgIpc) is 2.34.